The molecule has 6 heavy (non-hydrogen) atoms. The van der Waals surface area contributed by atoms with Crippen molar-refractivity contribution in [1.29, 1.82) is 0 Å². The summed E-state index contributed by atoms with van der Waals surface area (Å²) < 4.78 is 0. The third-order valence-electron chi connectivity index (χ3n) is 0.321. The Morgan fingerprint density at radius 3 is 2.50 bits per heavy atom. The van der Waals surface area contributed by atoms with Gasteiger partial charge in [-0.1, -0.05) is 0 Å². The number of carbonyl (C=O) groups excluding carboxylic acids is 1. The number of nitrogens with one attached hydrogen (secondary N) is 1. The lowest BCUT2D eigenvalue weighted by atomic mass is 10.8. The maximum absolute atomic E-state index is 9.75. The Morgan fingerprint density at radius 2 is 2.50 bits per heavy atom. The van der Waals surface area contributed by atoms with Crippen molar-refractivity contribution in [3.05, 3.63) is 0 Å². The van der Waals surface area contributed by atoms with E-state index in [0.29, 0.717) is 6.54 Å². The summed E-state index contributed by atoms with van der Waals surface area (Å²) in [4.78, 5) is 9.75. The zero-order valence-electron chi connectivity index (χ0n) is 3.52. The SMILES string of the molecule is CCNC(=O)[S-]. The van der Waals surface area contributed by atoms with E-state index in [2.05, 4.69) is 17.9 Å². The quantitative estimate of drug-likeness (QED) is 0.483. The third-order valence-corrected chi connectivity index (χ3v) is 0.465. The summed E-state index contributed by atoms with van der Waals surface area (Å²) in [6, 6.07) is 0. The van der Waals surface area contributed by atoms with E-state index < -0.39 is 0 Å². The van der Waals surface area contributed by atoms with Gasteiger partial charge in [-0.2, -0.15) is 0 Å². The molecule has 0 rings (SSSR count). The van der Waals surface area contributed by atoms with Gasteiger partial charge in [-0.25, -0.2) is 0 Å². The highest BCUT2D eigenvalue weighted by atomic mass is 32.1. The predicted octanol–water partition coefficient (Wildman–Crippen LogP) is 0.263. The van der Waals surface area contributed by atoms with Crippen LogP contribution in [0.3, 0.4) is 0 Å². The largest absolute Gasteiger partial charge is 0.719 e. The summed E-state index contributed by atoms with van der Waals surface area (Å²) in [7, 11) is 0. The van der Waals surface area contributed by atoms with Crippen molar-refractivity contribution >= 4 is 17.9 Å². The van der Waals surface area contributed by atoms with Gasteiger partial charge in [0.05, 0.1) is 5.24 Å². The fourth-order valence-electron chi connectivity index (χ4n) is 0.144. The minimum absolute atomic E-state index is 0.377. The van der Waals surface area contributed by atoms with Crippen LogP contribution in [0.2, 0.25) is 0 Å². The maximum Gasteiger partial charge on any atom is 0.0980 e. The average Bonchev–Trinajstić information content (AvgIpc) is 1.35. The van der Waals surface area contributed by atoms with Crippen LogP contribution in [0.25, 0.3) is 0 Å². The van der Waals surface area contributed by atoms with Gasteiger partial charge in [0, 0.05) is 6.54 Å². The Kier molecular flexibility index (Phi) is 2.75. The van der Waals surface area contributed by atoms with Gasteiger partial charge in [-0.15, -0.1) is 0 Å². The summed E-state index contributed by atoms with van der Waals surface area (Å²) in [5.41, 5.74) is 0. The second kappa shape index (κ2) is 2.90. The minimum Gasteiger partial charge on any atom is -0.719 e. The Labute approximate surface area is 42.3 Å². The van der Waals surface area contributed by atoms with Gasteiger partial charge in [0.15, 0.2) is 0 Å². The summed E-state index contributed by atoms with van der Waals surface area (Å²) in [5, 5.41) is 2.01. The number of carbonyl (C=O) groups is 1. The lowest BCUT2D eigenvalue weighted by Crippen LogP contribution is -2.17. The molecule has 0 saturated heterocycles. The molecule has 0 aliphatic heterocycles. The zero-order chi connectivity index (χ0) is 4.99. The van der Waals surface area contributed by atoms with Crippen LogP contribution >= 0.6 is 0 Å². The highest BCUT2D eigenvalue weighted by molar-refractivity contribution is 7.76. The van der Waals surface area contributed by atoms with Crippen molar-refractivity contribution in [2.75, 3.05) is 6.54 Å². The standard InChI is InChI=1S/C3H7NOS/c1-2-4-3(5)6/h2H2,1H3,(H2,4,5,6)/p-1. The van der Waals surface area contributed by atoms with Gasteiger partial charge in [-0.05, 0) is 6.92 Å². The van der Waals surface area contributed by atoms with Crippen LogP contribution in [-0.4, -0.2) is 11.8 Å². The topological polar surface area (TPSA) is 29.1 Å². The smallest absolute Gasteiger partial charge is 0.0980 e. The van der Waals surface area contributed by atoms with Crippen molar-refractivity contribution in [2.45, 2.75) is 6.92 Å². The summed E-state index contributed by atoms with van der Waals surface area (Å²) in [6.07, 6.45) is 0. The molecule has 0 aromatic carbocycles. The molecule has 1 amide bonds. The molecule has 0 aromatic rings. The van der Waals surface area contributed by atoms with Gasteiger partial charge in [0.1, 0.15) is 0 Å². The van der Waals surface area contributed by atoms with E-state index in [0.717, 1.165) is 0 Å². The van der Waals surface area contributed by atoms with E-state index >= 15 is 0 Å². The highest BCUT2D eigenvalue weighted by Crippen LogP contribution is 1.57. The number of hydrogen-bond donors (Lipinski definition) is 1. The summed E-state index contributed by atoms with van der Waals surface area (Å²) in [6.45, 7) is 2.45. The lowest BCUT2D eigenvalue weighted by molar-refractivity contribution is 0.261. The minimum atomic E-state index is -0.377. The summed E-state index contributed by atoms with van der Waals surface area (Å²) >= 11 is 4.13. The molecule has 0 atom stereocenters. The molecular weight excluding hydrogens is 98.1 g/mol. The normalized spacial score (nSPS) is 7.50. The Hall–Kier alpha value is -0.310. The first-order valence-electron chi connectivity index (χ1n) is 1.72. The van der Waals surface area contributed by atoms with Crippen LogP contribution in [0.4, 0.5) is 4.79 Å². The molecule has 2 nitrogen and oxygen atoms in total. The molecule has 0 radical (unpaired) electrons. The molecule has 0 aliphatic carbocycles. The van der Waals surface area contributed by atoms with Crippen molar-refractivity contribution < 1.29 is 4.79 Å². The van der Waals surface area contributed by atoms with Crippen LogP contribution in [0.1, 0.15) is 6.92 Å². The zero-order valence-corrected chi connectivity index (χ0v) is 4.34. The second-order valence-corrected chi connectivity index (χ2v) is 1.19. The van der Waals surface area contributed by atoms with Gasteiger partial charge in [0.2, 0.25) is 0 Å². The van der Waals surface area contributed by atoms with E-state index in [9.17, 15) is 4.79 Å². The van der Waals surface area contributed by atoms with Gasteiger partial charge >= 0.3 is 0 Å². The molecule has 0 bridgehead atoms. The molecular formula is C3H6NOS-. The monoisotopic (exact) mass is 104 g/mol. The van der Waals surface area contributed by atoms with E-state index in [-0.39, 0.29) is 5.24 Å². The Balaban J connectivity index is 2.83. The molecule has 0 spiro atoms. The lowest BCUT2D eigenvalue weighted by Gasteiger charge is -2.00. The van der Waals surface area contributed by atoms with Crippen molar-refractivity contribution in [3.8, 4) is 0 Å². The fraction of sp³-hybridized carbons (Fsp3) is 0.667. The first kappa shape index (κ1) is 5.69. The average molecular weight is 104 g/mol. The third kappa shape index (κ3) is 3.69. The van der Waals surface area contributed by atoms with Crippen LogP contribution in [0.15, 0.2) is 0 Å². The van der Waals surface area contributed by atoms with Crippen molar-refractivity contribution in [3.63, 3.8) is 0 Å². The van der Waals surface area contributed by atoms with Crippen LogP contribution in [0.5, 0.6) is 0 Å². The van der Waals surface area contributed by atoms with Crippen LogP contribution < -0.4 is 5.32 Å². The Morgan fingerprint density at radius 1 is 2.00 bits per heavy atom. The van der Waals surface area contributed by atoms with Crippen LogP contribution in [-0.2, 0) is 12.6 Å². The molecule has 0 fully saturated rings. The van der Waals surface area contributed by atoms with Crippen molar-refractivity contribution in [1.82, 2.24) is 5.32 Å². The first-order valence-corrected chi connectivity index (χ1v) is 2.13. The number of hydrogen-bond acceptors (Lipinski definition) is 2. The number of amides is 1. The fourth-order valence-corrected chi connectivity index (χ4v) is 0.289. The second-order valence-electron chi connectivity index (χ2n) is 0.818. The number of rotatable bonds is 1. The van der Waals surface area contributed by atoms with E-state index in [1.165, 1.54) is 0 Å². The molecule has 0 aliphatic rings. The first-order chi connectivity index (χ1) is 2.77. The summed E-state index contributed by atoms with van der Waals surface area (Å²) in [5.74, 6) is 0. The maximum atomic E-state index is 9.75. The van der Waals surface area contributed by atoms with Crippen LogP contribution in [0, 0.1) is 0 Å². The highest BCUT2D eigenvalue weighted by Gasteiger charge is 1.67. The molecule has 0 aromatic heterocycles. The Bertz CT molecular complexity index is 54.8. The van der Waals surface area contributed by atoms with Gasteiger partial charge in [-0.3, -0.25) is 0 Å². The molecule has 0 heterocycles. The molecule has 36 valence electrons. The van der Waals surface area contributed by atoms with E-state index in [4.69, 9.17) is 0 Å². The van der Waals surface area contributed by atoms with Gasteiger partial charge < -0.3 is 22.7 Å². The molecule has 0 unspecified atom stereocenters. The van der Waals surface area contributed by atoms with E-state index in [1.54, 1.807) is 0 Å². The molecule has 1 N–H and O–H groups in total. The molecule has 0 saturated carbocycles. The molecule has 3 heteroatoms. The van der Waals surface area contributed by atoms with Crippen molar-refractivity contribution in [2.24, 2.45) is 0 Å². The van der Waals surface area contributed by atoms with E-state index in [1.807, 2.05) is 6.92 Å². The predicted molar refractivity (Wildman–Crippen MR) is 26.4 cm³/mol. The van der Waals surface area contributed by atoms with Gasteiger partial charge in [0.25, 0.3) is 0 Å².